The molecule has 1 fully saturated rings. The van der Waals surface area contributed by atoms with E-state index in [9.17, 15) is 0 Å². The molecule has 1 aromatic rings. The molecule has 0 aromatic carbocycles. The SMILES string of the molecule is CCn1ccnc1N1CCC(CNC(C)C)CC1. The van der Waals surface area contributed by atoms with Crippen molar-refractivity contribution in [1.82, 2.24) is 14.9 Å². The monoisotopic (exact) mass is 250 g/mol. The Morgan fingerprint density at radius 2 is 2.11 bits per heavy atom. The van der Waals surface area contributed by atoms with Gasteiger partial charge in [-0.1, -0.05) is 13.8 Å². The van der Waals surface area contributed by atoms with Gasteiger partial charge in [-0.3, -0.25) is 0 Å². The van der Waals surface area contributed by atoms with Gasteiger partial charge in [0.1, 0.15) is 0 Å². The first-order valence-electron chi connectivity index (χ1n) is 7.20. The maximum absolute atomic E-state index is 4.48. The van der Waals surface area contributed by atoms with E-state index in [4.69, 9.17) is 0 Å². The molecule has 0 atom stereocenters. The number of nitrogens with one attached hydrogen (secondary N) is 1. The summed E-state index contributed by atoms with van der Waals surface area (Å²) in [7, 11) is 0. The molecule has 1 saturated heterocycles. The van der Waals surface area contributed by atoms with Crippen LogP contribution in [0.3, 0.4) is 0 Å². The van der Waals surface area contributed by atoms with Crippen molar-refractivity contribution in [1.29, 1.82) is 0 Å². The molecule has 2 heterocycles. The Balaban J connectivity index is 1.83. The van der Waals surface area contributed by atoms with E-state index >= 15 is 0 Å². The van der Waals surface area contributed by atoms with Gasteiger partial charge >= 0.3 is 0 Å². The molecule has 102 valence electrons. The van der Waals surface area contributed by atoms with Gasteiger partial charge < -0.3 is 14.8 Å². The van der Waals surface area contributed by atoms with Gasteiger partial charge in [-0.05, 0) is 32.2 Å². The molecule has 4 heteroatoms. The number of piperidine rings is 1. The van der Waals surface area contributed by atoms with Crippen molar-refractivity contribution in [3.8, 4) is 0 Å². The highest BCUT2D eigenvalue weighted by molar-refractivity contribution is 5.31. The molecule has 0 radical (unpaired) electrons. The van der Waals surface area contributed by atoms with Crippen LogP contribution < -0.4 is 10.2 Å². The third kappa shape index (κ3) is 3.25. The van der Waals surface area contributed by atoms with E-state index in [2.05, 4.69) is 46.7 Å². The molecule has 0 spiro atoms. The molecule has 1 N–H and O–H groups in total. The van der Waals surface area contributed by atoms with E-state index in [0.717, 1.165) is 38.0 Å². The van der Waals surface area contributed by atoms with E-state index in [0.29, 0.717) is 6.04 Å². The lowest BCUT2D eigenvalue weighted by atomic mass is 9.97. The van der Waals surface area contributed by atoms with Crippen LogP contribution in [0.25, 0.3) is 0 Å². The van der Waals surface area contributed by atoms with Crippen LogP contribution in [0.4, 0.5) is 5.95 Å². The van der Waals surface area contributed by atoms with E-state index < -0.39 is 0 Å². The van der Waals surface area contributed by atoms with Crippen LogP contribution in [0, 0.1) is 5.92 Å². The fourth-order valence-corrected chi connectivity index (χ4v) is 2.57. The number of anilines is 1. The van der Waals surface area contributed by atoms with Crippen LogP contribution in [-0.2, 0) is 6.54 Å². The predicted molar refractivity (Wildman–Crippen MR) is 76.0 cm³/mol. The van der Waals surface area contributed by atoms with Crippen LogP contribution in [-0.4, -0.2) is 35.2 Å². The maximum atomic E-state index is 4.48. The van der Waals surface area contributed by atoms with Crippen molar-refractivity contribution in [3.63, 3.8) is 0 Å². The topological polar surface area (TPSA) is 33.1 Å². The zero-order chi connectivity index (χ0) is 13.0. The second-order valence-corrected chi connectivity index (χ2v) is 5.51. The van der Waals surface area contributed by atoms with Crippen molar-refractivity contribution in [2.45, 2.75) is 46.2 Å². The van der Waals surface area contributed by atoms with Crippen LogP contribution in [0.5, 0.6) is 0 Å². The average Bonchev–Trinajstić information content (AvgIpc) is 2.85. The molecule has 1 aliphatic heterocycles. The molecule has 0 bridgehead atoms. The van der Waals surface area contributed by atoms with Crippen LogP contribution in [0.1, 0.15) is 33.6 Å². The van der Waals surface area contributed by atoms with E-state index in [-0.39, 0.29) is 0 Å². The molecular weight excluding hydrogens is 224 g/mol. The smallest absolute Gasteiger partial charge is 0.205 e. The largest absolute Gasteiger partial charge is 0.342 e. The number of imidazole rings is 1. The number of rotatable bonds is 5. The summed E-state index contributed by atoms with van der Waals surface area (Å²) >= 11 is 0. The van der Waals surface area contributed by atoms with Crippen molar-refractivity contribution in [3.05, 3.63) is 12.4 Å². The van der Waals surface area contributed by atoms with Gasteiger partial charge in [0.25, 0.3) is 0 Å². The van der Waals surface area contributed by atoms with Crippen LogP contribution in [0.2, 0.25) is 0 Å². The quantitative estimate of drug-likeness (QED) is 0.869. The first kappa shape index (κ1) is 13.4. The molecule has 4 nitrogen and oxygen atoms in total. The molecule has 0 aliphatic carbocycles. The third-order valence-corrected chi connectivity index (χ3v) is 3.75. The molecule has 1 aromatic heterocycles. The number of hydrogen-bond acceptors (Lipinski definition) is 3. The summed E-state index contributed by atoms with van der Waals surface area (Å²) in [5.41, 5.74) is 0. The normalized spacial score (nSPS) is 17.7. The third-order valence-electron chi connectivity index (χ3n) is 3.75. The lowest BCUT2D eigenvalue weighted by molar-refractivity contribution is 0.367. The van der Waals surface area contributed by atoms with Crippen molar-refractivity contribution < 1.29 is 0 Å². The molecule has 0 unspecified atom stereocenters. The van der Waals surface area contributed by atoms with Gasteiger partial charge in [-0.15, -0.1) is 0 Å². The number of aromatic nitrogens is 2. The van der Waals surface area contributed by atoms with Crippen molar-refractivity contribution in [2.75, 3.05) is 24.5 Å². The molecule has 1 aliphatic rings. The van der Waals surface area contributed by atoms with Gasteiger partial charge in [0.2, 0.25) is 5.95 Å². The highest BCUT2D eigenvalue weighted by Crippen LogP contribution is 2.21. The second-order valence-electron chi connectivity index (χ2n) is 5.51. The highest BCUT2D eigenvalue weighted by atomic mass is 15.3. The number of nitrogens with zero attached hydrogens (tertiary/aromatic N) is 3. The van der Waals surface area contributed by atoms with Gasteiger partial charge in [0.15, 0.2) is 0 Å². The molecular formula is C14H26N4. The first-order valence-corrected chi connectivity index (χ1v) is 7.20. The molecule has 2 rings (SSSR count). The Hall–Kier alpha value is -1.03. The van der Waals surface area contributed by atoms with Gasteiger partial charge in [0, 0.05) is 38.1 Å². The molecule has 0 saturated carbocycles. The van der Waals surface area contributed by atoms with Crippen LogP contribution in [0.15, 0.2) is 12.4 Å². The van der Waals surface area contributed by atoms with Crippen molar-refractivity contribution in [2.24, 2.45) is 5.92 Å². The summed E-state index contributed by atoms with van der Waals surface area (Å²) in [5.74, 6) is 1.97. The Morgan fingerprint density at radius 1 is 1.39 bits per heavy atom. The van der Waals surface area contributed by atoms with Gasteiger partial charge in [-0.25, -0.2) is 4.98 Å². The maximum Gasteiger partial charge on any atom is 0.205 e. The minimum absolute atomic E-state index is 0.599. The Kier molecular flexibility index (Phi) is 4.64. The van der Waals surface area contributed by atoms with E-state index in [1.54, 1.807) is 0 Å². The standard InChI is InChI=1S/C14H26N4/c1-4-17-10-7-15-14(17)18-8-5-13(6-9-18)11-16-12(2)3/h7,10,12-13,16H,4-6,8-9,11H2,1-3H3. The minimum atomic E-state index is 0.599. The predicted octanol–water partition coefficient (Wildman–Crippen LogP) is 2.12. The summed E-state index contributed by atoms with van der Waals surface area (Å²) in [4.78, 5) is 6.91. The summed E-state index contributed by atoms with van der Waals surface area (Å²) in [5, 5.41) is 3.55. The van der Waals surface area contributed by atoms with E-state index in [1.807, 2.05) is 6.20 Å². The molecule has 0 amide bonds. The number of aryl methyl sites for hydroxylation is 1. The fourth-order valence-electron chi connectivity index (χ4n) is 2.57. The lowest BCUT2D eigenvalue weighted by Gasteiger charge is -2.33. The number of hydrogen-bond donors (Lipinski definition) is 1. The lowest BCUT2D eigenvalue weighted by Crippen LogP contribution is -2.39. The van der Waals surface area contributed by atoms with Crippen molar-refractivity contribution >= 4 is 5.95 Å². The van der Waals surface area contributed by atoms with Gasteiger partial charge in [0.05, 0.1) is 0 Å². The fraction of sp³-hybridized carbons (Fsp3) is 0.786. The Morgan fingerprint density at radius 3 is 2.72 bits per heavy atom. The molecule has 18 heavy (non-hydrogen) atoms. The zero-order valence-corrected chi connectivity index (χ0v) is 11.9. The summed E-state index contributed by atoms with van der Waals surface area (Å²) in [6, 6.07) is 0.599. The first-order chi connectivity index (χ1) is 8.70. The minimum Gasteiger partial charge on any atom is -0.342 e. The van der Waals surface area contributed by atoms with E-state index in [1.165, 1.54) is 12.8 Å². The van der Waals surface area contributed by atoms with Crippen LogP contribution >= 0.6 is 0 Å². The Labute approximate surface area is 110 Å². The second kappa shape index (κ2) is 6.23. The van der Waals surface area contributed by atoms with Gasteiger partial charge in [-0.2, -0.15) is 0 Å². The summed E-state index contributed by atoms with van der Waals surface area (Å²) in [6.45, 7) is 11.0. The Bertz CT molecular complexity index is 350. The zero-order valence-electron chi connectivity index (χ0n) is 11.9. The summed E-state index contributed by atoms with van der Waals surface area (Å²) < 4.78 is 2.23. The highest BCUT2D eigenvalue weighted by Gasteiger charge is 2.21. The summed E-state index contributed by atoms with van der Waals surface area (Å²) in [6.07, 6.45) is 6.53. The average molecular weight is 250 g/mol.